The molecule has 1 aliphatic heterocycles. The zero-order valence-corrected chi connectivity index (χ0v) is 18.4. The smallest absolute Gasteiger partial charge is 0.244 e. The first kappa shape index (κ1) is 20.3. The highest BCUT2D eigenvalue weighted by Crippen LogP contribution is 2.34. The van der Waals surface area contributed by atoms with E-state index in [4.69, 9.17) is 19.6 Å². The van der Waals surface area contributed by atoms with Crippen molar-refractivity contribution >= 4 is 22.5 Å². The normalized spacial score (nSPS) is 23.5. The van der Waals surface area contributed by atoms with Gasteiger partial charge in [0, 0.05) is 30.2 Å². The van der Waals surface area contributed by atoms with Gasteiger partial charge in [0.05, 0.1) is 29.8 Å². The number of fused-ring (bicyclic) bond motifs is 2. The summed E-state index contributed by atoms with van der Waals surface area (Å²) in [5.74, 6) is 1.05. The van der Waals surface area contributed by atoms with Gasteiger partial charge in [0.1, 0.15) is 11.6 Å². The Hall–Kier alpha value is -3.30. The van der Waals surface area contributed by atoms with Gasteiger partial charge < -0.3 is 19.9 Å². The molecule has 0 amide bonds. The summed E-state index contributed by atoms with van der Waals surface area (Å²) < 4.78 is 13.4. The van der Waals surface area contributed by atoms with Crippen LogP contribution in [0.15, 0.2) is 42.9 Å². The number of benzene rings is 1. The monoisotopic (exact) mass is 446 g/mol. The van der Waals surface area contributed by atoms with Gasteiger partial charge in [-0.1, -0.05) is 6.07 Å². The third kappa shape index (κ3) is 3.98. The van der Waals surface area contributed by atoms with Crippen LogP contribution in [-0.2, 0) is 4.74 Å². The van der Waals surface area contributed by atoms with Crippen LogP contribution in [0.2, 0.25) is 0 Å². The average Bonchev–Trinajstić information content (AvgIpc) is 3.21. The molecule has 2 fully saturated rings. The predicted octanol–water partition coefficient (Wildman–Crippen LogP) is 3.22. The number of aliphatic hydroxyl groups is 1. The van der Waals surface area contributed by atoms with Gasteiger partial charge >= 0.3 is 0 Å². The lowest BCUT2D eigenvalue weighted by Gasteiger charge is -2.33. The van der Waals surface area contributed by atoms with E-state index >= 15 is 0 Å². The van der Waals surface area contributed by atoms with Gasteiger partial charge in [0.2, 0.25) is 11.8 Å². The molecule has 1 saturated carbocycles. The molecule has 0 unspecified atom stereocenters. The van der Waals surface area contributed by atoms with Crippen LogP contribution < -0.4 is 10.1 Å². The van der Waals surface area contributed by atoms with Crippen molar-refractivity contribution in [2.45, 2.75) is 50.4 Å². The van der Waals surface area contributed by atoms with Crippen molar-refractivity contribution in [3.8, 4) is 17.0 Å². The number of nitrogens with zero attached hydrogens (tertiary/aromatic N) is 5. The largest absolute Gasteiger partial charge is 0.468 e. The van der Waals surface area contributed by atoms with Gasteiger partial charge in [-0.25, -0.2) is 4.52 Å². The second-order valence-corrected chi connectivity index (χ2v) is 9.22. The minimum Gasteiger partial charge on any atom is -0.468 e. The fraction of sp³-hybridized carbons (Fsp3) is 0.417. The summed E-state index contributed by atoms with van der Waals surface area (Å²) in [5, 5.41) is 18.4. The molecule has 0 atom stereocenters. The van der Waals surface area contributed by atoms with Gasteiger partial charge in [-0.05, 0) is 56.4 Å². The third-order valence-electron chi connectivity index (χ3n) is 6.54. The number of aromatic nitrogens is 5. The van der Waals surface area contributed by atoms with E-state index in [9.17, 15) is 5.11 Å². The topological polar surface area (TPSA) is 107 Å². The SMILES string of the molecule is C[C@]1(O)CC[C@H](Nc2nc(OC3COC3)c3c(-c4ccc5nccnc5c4)ccn3n2)CC1. The van der Waals surface area contributed by atoms with Crippen LogP contribution in [0.4, 0.5) is 5.95 Å². The number of anilines is 1. The highest BCUT2D eigenvalue weighted by Gasteiger charge is 2.30. The Labute approximate surface area is 190 Å². The summed E-state index contributed by atoms with van der Waals surface area (Å²) >= 11 is 0. The molecule has 9 heteroatoms. The molecule has 2 aliphatic rings. The van der Waals surface area contributed by atoms with E-state index in [2.05, 4.69) is 15.3 Å². The van der Waals surface area contributed by atoms with Gasteiger partial charge in [0.25, 0.3) is 0 Å². The standard InChI is InChI=1S/C24H26N6O3/c1-24(31)7-4-16(5-8-24)27-23-28-22(33-17-13-32-14-17)21-18(6-11-30(21)29-23)15-2-3-19-20(12-15)26-10-9-25-19/h2-3,6,9-12,16-17,31H,4-5,7-8,13-14H2,1H3,(H,27,29)/t16-,24-. The highest BCUT2D eigenvalue weighted by atomic mass is 16.6. The Morgan fingerprint density at radius 1 is 1.12 bits per heavy atom. The zero-order valence-electron chi connectivity index (χ0n) is 18.4. The van der Waals surface area contributed by atoms with Crippen molar-refractivity contribution in [3.63, 3.8) is 0 Å². The molecule has 1 saturated heterocycles. The van der Waals surface area contributed by atoms with Crippen LogP contribution >= 0.6 is 0 Å². The summed E-state index contributed by atoms with van der Waals surface area (Å²) in [6.45, 7) is 3.01. The minimum atomic E-state index is -0.582. The van der Waals surface area contributed by atoms with Crippen molar-refractivity contribution in [2.75, 3.05) is 18.5 Å². The molecule has 1 aromatic carbocycles. The Morgan fingerprint density at radius 3 is 2.67 bits per heavy atom. The van der Waals surface area contributed by atoms with Crippen LogP contribution in [0, 0.1) is 0 Å². The first-order valence-electron chi connectivity index (χ1n) is 11.4. The van der Waals surface area contributed by atoms with Gasteiger partial charge in [-0.15, -0.1) is 5.10 Å². The highest BCUT2D eigenvalue weighted by molar-refractivity contribution is 5.89. The van der Waals surface area contributed by atoms with Crippen molar-refractivity contribution in [3.05, 3.63) is 42.9 Å². The molecule has 0 spiro atoms. The predicted molar refractivity (Wildman–Crippen MR) is 123 cm³/mol. The maximum Gasteiger partial charge on any atom is 0.244 e. The van der Waals surface area contributed by atoms with E-state index in [0.717, 1.165) is 53.4 Å². The molecule has 170 valence electrons. The molecule has 0 radical (unpaired) electrons. The van der Waals surface area contributed by atoms with Crippen molar-refractivity contribution in [1.29, 1.82) is 0 Å². The van der Waals surface area contributed by atoms with Crippen molar-refractivity contribution in [1.82, 2.24) is 24.6 Å². The lowest BCUT2D eigenvalue weighted by atomic mass is 9.84. The maximum absolute atomic E-state index is 10.3. The summed E-state index contributed by atoms with van der Waals surface area (Å²) in [6, 6.07) is 8.26. The summed E-state index contributed by atoms with van der Waals surface area (Å²) in [4.78, 5) is 13.6. The number of nitrogens with one attached hydrogen (secondary N) is 1. The summed E-state index contributed by atoms with van der Waals surface area (Å²) in [7, 11) is 0. The van der Waals surface area contributed by atoms with Crippen LogP contribution in [-0.4, -0.2) is 60.6 Å². The lowest BCUT2D eigenvalue weighted by Crippen LogP contribution is -2.39. The molecule has 9 nitrogen and oxygen atoms in total. The van der Waals surface area contributed by atoms with Crippen LogP contribution in [0.3, 0.4) is 0 Å². The van der Waals surface area contributed by atoms with E-state index in [0.29, 0.717) is 25.0 Å². The lowest BCUT2D eigenvalue weighted by molar-refractivity contribution is -0.0808. The molecule has 0 bridgehead atoms. The fourth-order valence-corrected chi connectivity index (χ4v) is 4.51. The zero-order chi connectivity index (χ0) is 22.4. The summed E-state index contributed by atoms with van der Waals surface area (Å²) in [6.07, 6.45) is 8.55. The minimum absolute atomic E-state index is 0.0217. The quantitative estimate of drug-likeness (QED) is 0.481. The molecule has 1 aliphatic carbocycles. The Morgan fingerprint density at radius 2 is 1.91 bits per heavy atom. The number of rotatable bonds is 5. The van der Waals surface area contributed by atoms with Crippen molar-refractivity contribution in [2.24, 2.45) is 0 Å². The van der Waals surface area contributed by atoms with Crippen LogP contribution in [0.5, 0.6) is 5.88 Å². The number of hydrogen-bond donors (Lipinski definition) is 2. The Kier molecular flexibility index (Phi) is 4.88. The van der Waals surface area contributed by atoms with Crippen LogP contribution in [0.1, 0.15) is 32.6 Å². The van der Waals surface area contributed by atoms with Gasteiger partial charge in [-0.2, -0.15) is 4.98 Å². The third-order valence-corrected chi connectivity index (χ3v) is 6.54. The van der Waals surface area contributed by atoms with Crippen molar-refractivity contribution < 1.29 is 14.6 Å². The molecule has 2 N–H and O–H groups in total. The van der Waals surface area contributed by atoms with E-state index in [1.54, 1.807) is 12.4 Å². The second-order valence-electron chi connectivity index (χ2n) is 9.22. The molecular formula is C24H26N6O3. The van der Waals surface area contributed by atoms with E-state index < -0.39 is 5.60 Å². The Balaban J connectivity index is 1.38. The first-order chi connectivity index (χ1) is 16.0. The number of hydrogen-bond acceptors (Lipinski definition) is 8. The molecule has 33 heavy (non-hydrogen) atoms. The van der Waals surface area contributed by atoms with Crippen LogP contribution in [0.25, 0.3) is 27.7 Å². The van der Waals surface area contributed by atoms with E-state index in [1.807, 2.05) is 41.9 Å². The molecule has 6 rings (SSSR count). The molecule has 4 heterocycles. The molecular weight excluding hydrogens is 420 g/mol. The summed E-state index contributed by atoms with van der Waals surface area (Å²) in [5.41, 5.74) is 3.87. The van der Waals surface area contributed by atoms with Gasteiger partial charge in [0.15, 0.2) is 0 Å². The molecule has 3 aromatic heterocycles. The van der Waals surface area contributed by atoms with E-state index in [-0.39, 0.29) is 12.1 Å². The van der Waals surface area contributed by atoms with Gasteiger partial charge in [-0.3, -0.25) is 9.97 Å². The second kappa shape index (κ2) is 7.93. The molecule has 4 aromatic rings. The Bertz CT molecular complexity index is 1310. The first-order valence-corrected chi connectivity index (χ1v) is 11.4. The fourth-order valence-electron chi connectivity index (χ4n) is 4.51. The van der Waals surface area contributed by atoms with E-state index in [1.165, 1.54) is 0 Å². The average molecular weight is 447 g/mol. The maximum atomic E-state index is 10.3. The number of ether oxygens (including phenoxy) is 2.